The van der Waals surface area contributed by atoms with Crippen LogP contribution in [0.2, 0.25) is 0 Å². The average Bonchev–Trinajstić information content (AvgIpc) is 2.55. The first-order valence-electron chi connectivity index (χ1n) is 4.55. The van der Waals surface area contributed by atoms with Crippen LogP contribution in [0.15, 0.2) is 0 Å². The highest BCUT2D eigenvalue weighted by Gasteiger charge is 2.49. The van der Waals surface area contributed by atoms with Crippen LogP contribution >= 0.6 is 0 Å². The Labute approximate surface area is 77.6 Å². The summed E-state index contributed by atoms with van der Waals surface area (Å²) in [6, 6.07) is 0. The molecule has 0 amide bonds. The first-order chi connectivity index (χ1) is 6.06. The summed E-state index contributed by atoms with van der Waals surface area (Å²) in [5.74, 6) is 2.18. The van der Waals surface area contributed by atoms with Crippen LogP contribution < -0.4 is 0 Å². The predicted molar refractivity (Wildman–Crippen MR) is 48.1 cm³/mol. The molecule has 0 radical (unpaired) electrons. The van der Waals surface area contributed by atoms with Gasteiger partial charge in [-0.2, -0.15) is 0 Å². The van der Waals surface area contributed by atoms with Crippen molar-refractivity contribution in [3.63, 3.8) is 0 Å². The molecule has 1 heterocycles. The quantitative estimate of drug-likeness (QED) is 0.735. The number of hydrogen-bond donors (Lipinski definition) is 1. The zero-order valence-electron chi connectivity index (χ0n) is 8.28. The van der Waals surface area contributed by atoms with Crippen molar-refractivity contribution in [2.24, 2.45) is 12.5 Å². The maximum atomic E-state index is 8.94. The van der Waals surface area contributed by atoms with Crippen LogP contribution in [-0.2, 0) is 13.7 Å². The number of nitrogens with zero attached hydrogens (tertiary/aromatic N) is 3. The minimum atomic E-state index is -0.0311. The third-order valence-electron chi connectivity index (χ3n) is 2.97. The van der Waals surface area contributed by atoms with Crippen molar-refractivity contribution < 1.29 is 5.11 Å². The highest BCUT2D eigenvalue weighted by molar-refractivity contribution is 5.16. The van der Waals surface area contributed by atoms with Gasteiger partial charge in [-0.1, -0.05) is 13.8 Å². The molecule has 2 rings (SSSR count). The zero-order valence-corrected chi connectivity index (χ0v) is 8.28. The molecule has 4 nitrogen and oxygen atoms in total. The molecule has 1 fully saturated rings. The summed E-state index contributed by atoms with van der Waals surface area (Å²) in [5, 5.41) is 17.0. The Bertz CT molecular complexity index is 330. The van der Waals surface area contributed by atoms with Gasteiger partial charge in [0.2, 0.25) is 0 Å². The molecule has 1 atom stereocenters. The number of aromatic nitrogens is 3. The third kappa shape index (κ3) is 1.25. The first kappa shape index (κ1) is 8.69. The lowest BCUT2D eigenvalue weighted by Crippen LogP contribution is -2.03. The number of hydrogen-bond acceptors (Lipinski definition) is 3. The Morgan fingerprint density at radius 3 is 2.54 bits per heavy atom. The third-order valence-corrected chi connectivity index (χ3v) is 2.97. The van der Waals surface area contributed by atoms with E-state index in [0.717, 1.165) is 5.82 Å². The van der Waals surface area contributed by atoms with Crippen LogP contribution in [0.1, 0.15) is 37.8 Å². The average molecular weight is 181 g/mol. The van der Waals surface area contributed by atoms with Crippen molar-refractivity contribution >= 4 is 0 Å². The minimum Gasteiger partial charge on any atom is -0.388 e. The van der Waals surface area contributed by atoms with Gasteiger partial charge in [-0.05, 0) is 11.8 Å². The summed E-state index contributed by atoms with van der Waals surface area (Å²) >= 11 is 0. The van der Waals surface area contributed by atoms with Gasteiger partial charge in [0, 0.05) is 13.0 Å². The van der Waals surface area contributed by atoms with Crippen LogP contribution in [0.25, 0.3) is 0 Å². The number of aliphatic hydroxyl groups is 1. The summed E-state index contributed by atoms with van der Waals surface area (Å²) < 4.78 is 1.90. The van der Waals surface area contributed by atoms with E-state index in [-0.39, 0.29) is 6.61 Å². The van der Waals surface area contributed by atoms with Crippen LogP contribution in [0.3, 0.4) is 0 Å². The molecule has 4 heteroatoms. The van der Waals surface area contributed by atoms with Gasteiger partial charge in [-0.3, -0.25) is 0 Å². The fourth-order valence-electron chi connectivity index (χ4n) is 1.72. The summed E-state index contributed by atoms with van der Waals surface area (Å²) in [6.45, 7) is 4.42. The van der Waals surface area contributed by atoms with Crippen molar-refractivity contribution in [1.82, 2.24) is 14.8 Å². The maximum Gasteiger partial charge on any atom is 0.158 e. The fourth-order valence-corrected chi connectivity index (χ4v) is 1.72. The SMILES string of the molecule is Cn1c(CO)nnc1C1CC1(C)C. The van der Waals surface area contributed by atoms with E-state index in [1.54, 1.807) is 0 Å². The van der Waals surface area contributed by atoms with E-state index in [0.29, 0.717) is 17.2 Å². The molecule has 1 aromatic heterocycles. The lowest BCUT2D eigenvalue weighted by Gasteiger charge is -2.03. The molecule has 72 valence electrons. The van der Waals surface area contributed by atoms with E-state index in [4.69, 9.17) is 5.11 Å². The van der Waals surface area contributed by atoms with E-state index in [1.807, 2.05) is 11.6 Å². The van der Waals surface area contributed by atoms with E-state index in [9.17, 15) is 0 Å². The molecule has 0 aliphatic heterocycles. The number of rotatable bonds is 2. The molecule has 1 N–H and O–H groups in total. The summed E-state index contributed by atoms with van der Waals surface area (Å²) in [4.78, 5) is 0. The second kappa shape index (κ2) is 2.54. The number of aliphatic hydroxyl groups excluding tert-OH is 1. The van der Waals surface area contributed by atoms with Crippen molar-refractivity contribution in [3.05, 3.63) is 11.6 Å². The van der Waals surface area contributed by atoms with Crippen molar-refractivity contribution in [1.29, 1.82) is 0 Å². The largest absolute Gasteiger partial charge is 0.388 e. The van der Waals surface area contributed by atoms with Gasteiger partial charge in [0.1, 0.15) is 12.4 Å². The van der Waals surface area contributed by atoms with Gasteiger partial charge in [0.25, 0.3) is 0 Å². The summed E-state index contributed by atoms with van der Waals surface area (Å²) in [7, 11) is 1.91. The normalized spacial score (nSPS) is 24.8. The molecule has 1 aliphatic carbocycles. The Morgan fingerprint density at radius 1 is 1.54 bits per heavy atom. The lowest BCUT2D eigenvalue weighted by atomic mass is 10.1. The molecule has 1 saturated carbocycles. The Hall–Kier alpha value is -0.900. The van der Waals surface area contributed by atoms with Gasteiger partial charge in [0.05, 0.1) is 0 Å². The van der Waals surface area contributed by atoms with Crippen LogP contribution in [-0.4, -0.2) is 19.9 Å². The second-order valence-electron chi connectivity index (χ2n) is 4.44. The predicted octanol–water partition coefficient (Wildman–Crippen LogP) is 0.821. The van der Waals surface area contributed by atoms with E-state index in [1.165, 1.54) is 6.42 Å². The van der Waals surface area contributed by atoms with Crippen molar-refractivity contribution in [2.75, 3.05) is 0 Å². The molecule has 0 spiro atoms. The molecule has 0 saturated heterocycles. The molecule has 0 bridgehead atoms. The molecular weight excluding hydrogens is 166 g/mol. The Morgan fingerprint density at radius 2 is 2.15 bits per heavy atom. The molecule has 1 aliphatic rings. The van der Waals surface area contributed by atoms with Crippen LogP contribution in [0, 0.1) is 5.41 Å². The lowest BCUT2D eigenvalue weighted by molar-refractivity contribution is 0.266. The van der Waals surface area contributed by atoms with Gasteiger partial charge >= 0.3 is 0 Å². The molecule has 0 aromatic carbocycles. The van der Waals surface area contributed by atoms with Crippen molar-refractivity contribution in [2.45, 2.75) is 32.8 Å². The van der Waals surface area contributed by atoms with E-state index < -0.39 is 0 Å². The van der Waals surface area contributed by atoms with Crippen LogP contribution in [0.5, 0.6) is 0 Å². The molecular formula is C9H15N3O. The minimum absolute atomic E-state index is 0.0311. The summed E-state index contributed by atoms with van der Waals surface area (Å²) in [6.07, 6.45) is 1.17. The second-order valence-corrected chi connectivity index (χ2v) is 4.44. The van der Waals surface area contributed by atoms with Gasteiger partial charge in [-0.15, -0.1) is 10.2 Å². The maximum absolute atomic E-state index is 8.94. The highest BCUT2D eigenvalue weighted by Crippen LogP contribution is 2.57. The van der Waals surface area contributed by atoms with Crippen molar-refractivity contribution in [3.8, 4) is 0 Å². The van der Waals surface area contributed by atoms with E-state index in [2.05, 4.69) is 24.0 Å². The summed E-state index contributed by atoms with van der Waals surface area (Å²) in [5.41, 5.74) is 0.369. The Balaban J connectivity index is 2.28. The highest BCUT2D eigenvalue weighted by atomic mass is 16.3. The van der Waals surface area contributed by atoms with Gasteiger partial charge in [0.15, 0.2) is 5.82 Å². The molecule has 13 heavy (non-hydrogen) atoms. The topological polar surface area (TPSA) is 50.9 Å². The zero-order chi connectivity index (χ0) is 9.64. The molecule has 1 aromatic rings. The van der Waals surface area contributed by atoms with Gasteiger partial charge in [-0.25, -0.2) is 0 Å². The van der Waals surface area contributed by atoms with Crippen LogP contribution in [0.4, 0.5) is 0 Å². The monoisotopic (exact) mass is 181 g/mol. The van der Waals surface area contributed by atoms with Gasteiger partial charge < -0.3 is 9.67 Å². The fraction of sp³-hybridized carbons (Fsp3) is 0.778. The first-order valence-corrected chi connectivity index (χ1v) is 4.55. The standard InChI is InChI=1S/C9H15N3O/c1-9(2)4-6(9)8-11-10-7(5-13)12(8)3/h6,13H,4-5H2,1-3H3. The smallest absolute Gasteiger partial charge is 0.158 e. The van der Waals surface area contributed by atoms with E-state index >= 15 is 0 Å². The Kier molecular flexibility index (Phi) is 1.70. The molecule has 1 unspecified atom stereocenters.